The van der Waals surface area contributed by atoms with Crippen LogP contribution in [0.5, 0.6) is 0 Å². The number of aliphatic hydroxyl groups excluding tert-OH is 8. The summed E-state index contributed by atoms with van der Waals surface area (Å²) in [5, 5.41) is 83.6. The summed E-state index contributed by atoms with van der Waals surface area (Å²) < 4.78 is 24.1. The highest BCUT2D eigenvalue weighted by molar-refractivity contribution is 5.35. The van der Waals surface area contributed by atoms with Gasteiger partial charge in [0, 0.05) is 0 Å². The summed E-state index contributed by atoms with van der Waals surface area (Å²) in [5.41, 5.74) is 3.65. The first-order valence-electron chi connectivity index (χ1n) is 20.2. The summed E-state index contributed by atoms with van der Waals surface area (Å²) in [7, 11) is 0. The molecule has 8 N–H and O–H groups in total. The monoisotopic (exact) mass is 740 g/mol. The van der Waals surface area contributed by atoms with Crippen LogP contribution in [0.2, 0.25) is 0 Å². The van der Waals surface area contributed by atoms with E-state index in [0.29, 0.717) is 29.6 Å². The molecule has 0 radical (unpaired) electrons. The van der Waals surface area contributed by atoms with Crippen molar-refractivity contribution in [2.24, 2.45) is 46.3 Å². The van der Waals surface area contributed by atoms with Crippen LogP contribution >= 0.6 is 0 Å². The number of rotatable bonds is 11. The van der Waals surface area contributed by atoms with Crippen molar-refractivity contribution in [3.8, 4) is 0 Å². The molecular formula is C40H68O12. The van der Waals surface area contributed by atoms with Crippen LogP contribution in [0.1, 0.15) is 106 Å². The van der Waals surface area contributed by atoms with Gasteiger partial charge in [-0.25, -0.2) is 0 Å². The Labute approximate surface area is 309 Å². The topological polar surface area (TPSA) is 199 Å². The predicted molar refractivity (Wildman–Crippen MR) is 190 cm³/mol. The molecule has 4 fully saturated rings. The molecule has 52 heavy (non-hydrogen) atoms. The number of hydrogen-bond acceptors (Lipinski definition) is 12. The van der Waals surface area contributed by atoms with Gasteiger partial charge in [0.25, 0.3) is 0 Å². The first-order chi connectivity index (χ1) is 24.5. The van der Waals surface area contributed by atoms with Gasteiger partial charge in [0.1, 0.15) is 48.8 Å². The lowest BCUT2D eigenvalue weighted by Crippen LogP contribution is -2.65. The van der Waals surface area contributed by atoms with E-state index in [0.717, 1.165) is 44.9 Å². The van der Waals surface area contributed by atoms with E-state index >= 15 is 0 Å². The molecule has 19 atom stereocenters. The molecule has 0 unspecified atom stereocenters. The molecule has 0 spiro atoms. The van der Waals surface area contributed by atoms with E-state index in [9.17, 15) is 40.9 Å². The molecule has 12 heteroatoms. The van der Waals surface area contributed by atoms with Crippen molar-refractivity contribution in [1.29, 1.82) is 0 Å². The number of allylic oxidation sites excluding steroid dienone is 2. The van der Waals surface area contributed by atoms with Gasteiger partial charge in [0.2, 0.25) is 0 Å². The first-order valence-corrected chi connectivity index (χ1v) is 20.2. The maximum atomic E-state index is 11.2. The largest absolute Gasteiger partial charge is 0.394 e. The average molecular weight is 741 g/mol. The minimum atomic E-state index is -1.72. The predicted octanol–water partition coefficient (Wildman–Crippen LogP) is 2.40. The van der Waals surface area contributed by atoms with Crippen molar-refractivity contribution >= 4 is 0 Å². The highest BCUT2D eigenvalue weighted by Gasteiger charge is 2.58. The summed E-state index contributed by atoms with van der Waals surface area (Å²) in [6.45, 7) is 12.7. The average Bonchev–Trinajstić information content (AvgIpc) is 3.46. The van der Waals surface area contributed by atoms with Crippen molar-refractivity contribution in [2.45, 2.75) is 179 Å². The Morgan fingerprint density at radius 3 is 2.06 bits per heavy atom. The lowest BCUT2D eigenvalue weighted by atomic mass is 9.49. The lowest BCUT2D eigenvalue weighted by Gasteiger charge is -2.57. The van der Waals surface area contributed by atoms with Crippen molar-refractivity contribution in [2.75, 3.05) is 13.2 Å². The van der Waals surface area contributed by atoms with Crippen LogP contribution in [-0.2, 0) is 18.9 Å². The third-order valence-corrected chi connectivity index (χ3v) is 14.9. The normalized spacial score (nSPS) is 49.3. The number of hydrogen-bond donors (Lipinski definition) is 8. The fourth-order valence-corrected chi connectivity index (χ4v) is 12.1. The second-order valence-electron chi connectivity index (χ2n) is 18.4. The first kappa shape index (κ1) is 40.9. The van der Waals surface area contributed by atoms with E-state index in [2.05, 4.69) is 41.5 Å². The van der Waals surface area contributed by atoms with Crippen molar-refractivity contribution in [3.63, 3.8) is 0 Å². The van der Waals surface area contributed by atoms with Crippen molar-refractivity contribution in [3.05, 3.63) is 11.1 Å². The quantitative estimate of drug-likeness (QED) is 0.144. The molecule has 300 valence electrons. The molecule has 0 bridgehead atoms. The third-order valence-electron chi connectivity index (χ3n) is 14.9. The Bertz CT molecular complexity index is 1240. The number of ether oxygens (including phenoxy) is 4. The lowest BCUT2D eigenvalue weighted by molar-refractivity contribution is -0.374. The maximum absolute atomic E-state index is 11.2. The Kier molecular flexibility index (Phi) is 12.6. The Balaban J connectivity index is 1.17. The zero-order chi connectivity index (χ0) is 37.9. The van der Waals surface area contributed by atoms with Crippen LogP contribution in [0.3, 0.4) is 0 Å². The van der Waals surface area contributed by atoms with Gasteiger partial charge in [0.05, 0.1) is 25.4 Å². The standard InChI is InChI=1S/C40H68O12/c1-19(2)15-22(43)16-20(3)24-9-10-26-23-7-8-25-21(4)28(12-14-40(25,6)27(23)11-13-39(24,26)5)49-38-36(34(47)32(45)30(18-42)51-38)52-37-35(48)33(46)31(44)29(17-41)50-37/h19-22,24-26,28-38,41-48H,7-18H2,1-6H3/t20-,21+,22+,24-,25+,26+,28+,29-,30-,31+,32+,33+,34+,35-,36-,37+,38-,39-,40+/m1/s1. The Morgan fingerprint density at radius 1 is 0.750 bits per heavy atom. The van der Waals surface area contributed by atoms with Crippen LogP contribution in [0, 0.1) is 46.3 Å². The van der Waals surface area contributed by atoms with Gasteiger partial charge in [-0.1, -0.05) is 52.7 Å². The van der Waals surface area contributed by atoms with E-state index in [-0.39, 0.29) is 29.0 Å². The van der Waals surface area contributed by atoms with Gasteiger partial charge in [-0.05, 0) is 111 Å². The highest BCUT2D eigenvalue weighted by Crippen LogP contribution is 2.66. The molecular weight excluding hydrogens is 672 g/mol. The van der Waals surface area contributed by atoms with Crippen LogP contribution < -0.4 is 0 Å². The Hall–Kier alpha value is -0.740. The summed E-state index contributed by atoms with van der Waals surface area (Å²) in [6, 6.07) is 0. The highest BCUT2D eigenvalue weighted by atomic mass is 16.8. The zero-order valence-electron chi connectivity index (χ0n) is 32.1. The molecule has 2 heterocycles. The molecule has 0 aromatic heterocycles. The summed E-state index contributed by atoms with van der Waals surface area (Å²) >= 11 is 0. The molecule has 4 aliphatic carbocycles. The Morgan fingerprint density at radius 2 is 1.40 bits per heavy atom. The third kappa shape index (κ3) is 7.31. The fourth-order valence-electron chi connectivity index (χ4n) is 12.1. The second kappa shape index (κ2) is 16.0. The molecule has 2 saturated heterocycles. The number of aliphatic hydroxyl groups is 8. The van der Waals surface area contributed by atoms with Crippen LogP contribution in [0.15, 0.2) is 11.1 Å². The van der Waals surface area contributed by atoms with Gasteiger partial charge >= 0.3 is 0 Å². The van der Waals surface area contributed by atoms with E-state index in [1.165, 1.54) is 19.3 Å². The fraction of sp³-hybridized carbons (Fsp3) is 0.950. The molecule has 6 rings (SSSR count). The molecule has 0 aromatic carbocycles. The smallest absolute Gasteiger partial charge is 0.187 e. The minimum absolute atomic E-state index is 0.0361. The minimum Gasteiger partial charge on any atom is -0.394 e. The molecule has 2 saturated carbocycles. The summed E-state index contributed by atoms with van der Waals surface area (Å²) in [4.78, 5) is 0. The second-order valence-corrected chi connectivity index (χ2v) is 18.4. The van der Waals surface area contributed by atoms with E-state index < -0.39 is 74.6 Å². The van der Waals surface area contributed by atoms with E-state index in [1.807, 2.05) is 0 Å². The van der Waals surface area contributed by atoms with Gasteiger partial charge < -0.3 is 59.8 Å². The molecule has 2 aliphatic heterocycles. The SMILES string of the molecule is CC(C)C[C@H](O)C[C@@H](C)[C@H]1CC[C@H]2C3=C(CC[C@]12C)[C@@]1(C)CC[C@H](O[C@@H]2O[C@H](CO)[C@H](O)[C@H](O)[C@H]2O[C@@H]2O[C@H](CO)[C@H](O)[C@H](O)[C@H]2O)[C@@H](C)[C@@H]1CC3. The maximum Gasteiger partial charge on any atom is 0.187 e. The summed E-state index contributed by atoms with van der Waals surface area (Å²) in [6.07, 6.45) is -4.94. The molecule has 12 nitrogen and oxygen atoms in total. The van der Waals surface area contributed by atoms with Crippen LogP contribution in [0.4, 0.5) is 0 Å². The molecule has 6 aliphatic rings. The van der Waals surface area contributed by atoms with E-state index in [4.69, 9.17) is 18.9 Å². The van der Waals surface area contributed by atoms with Gasteiger partial charge in [-0.15, -0.1) is 0 Å². The summed E-state index contributed by atoms with van der Waals surface area (Å²) in [5.74, 6) is 2.67. The van der Waals surface area contributed by atoms with Gasteiger partial charge in [0.15, 0.2) is 12.6 Å². The molecule has 0 aromatic rings. The van der Waals surface area contributed by atoms with Crippen LogP contribution in [-0.4, -0.2) is 128 Å². The van der Waals surface area contributed by atoms with E-state index in [1.54, 1.807) is 11.1 Å². The van der Waals surface area contributed by atoms with Crippen molar-refractivity contribution in [1.82, 2.24) is 0 Å². The van der Waals surface area contributed by atoms with Crippen molar-refractivity contribution < 1.29 is 59.8 Å². The van der Waals surface area contributed by atoms with Crippen LogP contribution in [0.25, 0.3) is 0 Å². The van der Waals surface area contributed by atoms with Gasteiger partial charge in [-0.3, -0.25) is 0 Å². The molecule has 0 amide bonds. The number of fused-ring (bicyclic) bond motifs is 4. The zero-order valence-corrected chi connectivity index (χ0v) is 32.1. The van der Waals surface area contributed by atoms with Gasteiger partial charge in [-0.2, -0.15) is 0 Å².